The van der Waals surface area contributed by atoms with Crippen LogP contribution in [0.2, 0.25) is 0 Å². The predicted molar refractivity (Wildman–Crippen MR) is 116 cm³/mol. The van der Waals surface area contributed by atoms with Crippen LogP contribution >= 0.6 is 0 Å². The quantitative estimate of drug-likeness (QED) is 0.511. The molecule has 1 aliphatic heterocycles. The van der Waals surface area contributed by atoms with Gasteiger partial charge in [-0.05, 0) is 36.8 Å². The number of anilines is 2. The molecule has 0 spiro atoms. The Morgan fingerprint density at radius 3 is 2.06 bits per heavy atom. The van der Waals surface area contributed by atoms with Gasteiger partial charge in [0.25, 0.3) is 0 Å². The number of nitrogens with zero attached hydrogens (tertiary/aromatic N) is 1. The van der Waals surface area contributed by atoms with Crippen LogP contribution in [-0.4, -0.2) is 60.9 Å². The van der Waals surface area contributed by atoms with Gasteiger partial charge in [0.2, 0.25) is 5.91 Å². The minimum absolute atomic E-state index is 0.0359. The Balaban J connectivity index is 0.000000501. The molecule has 0 bridgehead atoms. The molecule has 0 saturated carbocycles. The molecule has 2 aromatic rings. The van der Waals surface area contributed by atoms with Crippen molar-refractivity contribution in [1.29, 1.82) is 0 Å². The lowest BCUT2D eigenvalue weighted by atomic mass is 10.1. The fourth-order valence-corrected chi connectivity index (χ4v) is 2.81. The number of amides is 1. The fraction of sp³-hybridized carbons (Fsp3) is 0.318. The van der Waals surface area contributed by atoms with Crippen molar-refractivity contribution >= 4 is 29.2 Å². The molecular formula is C22H27N3O6. The number of carbonyl (C=O) groups is 3. The first kappa shape index (κ1) is 23.8. The molecule has 2 aromatic carbocycles. The van der Waals surface area contributed by atoms with Crippen molar-refractivity contribution in [3.05, 3.63) is 59.7 Å². The minimum atomic E-state index is -1.82. The van der Waals surface area contributed by atoms with Gasteiger partial charge in [0.15, 0.2) is 0 Å². The van der Waals surface area contributed by atoms with E-state index >= 15 is 0 Å². The zero-order valence-corrected chi connectivity index (χ0v) is 17.3. The monoisotopic (exact) mass is 429 g/mol. The molecule has 0 atom stereocenters. The second kappa shape index (κ2) is 12.3. The summed E-state index contributed by atoms with van der Waals surface area (Å²) in [7, 11) is 0. The van der Waals surface area contributed by atoms with Gasteiger partial charge in [-0.2, -0.15) is 0 Å². The number of carboxylic acid groups (broad SMARTS) is 2. The number of hydrogen-bond acceptors (Lipinski definition) is 6. The first-order valence-electron chi connectivity index (χ1n) is 9.80. The number of benzene rings is 2. The zero-order chi connectivity index (χ0) is 22.6. The topological polar surface area (TPSA) is 128 Å². The number of morpholine rings is 1. The highest BCUT2D eigenvalue weighted by Gasteiger charge is 2.11. The Morgan fingerprint density at radius 1 is 0.935 bits per heavy atom. The highest BCUT2D eigenvalue weighted by molar-refractivity contribution is 6.27. The maximum absolute atomic E-state index is 12.0. The molecule has 1 amide bonds. The predicted octanol–water partition coefficient (Wildman–Crippen LogP) is 1.72. The summed E-state index contributed by atoms with van der Waals surface area (Å²) in [5.41, 5.74) is 4.40. The van der Waals surface area contributed by atoms with E-state index in [4.69, 9.17) is 24.5 Å². The van der Waals surface area contributed by atoms with Gasteiger partial charge in [-0.3, -0.25) is 4.79 Å². The van der Waals surface area contributed by atoms with Crippen LogP contribution in [0.1, 0.15) is 11.1 Å². The summed E-state index contributed by atoms with van der Waals surface area (Å²) in [6.45, 7) is 6.40. The van der Waals surface area contributed by atoms with Gasteiger partial charge in [-0.25, -0.2) is 9.59 Å². The van der Waals surface area contributed by atoms with Crippen LogP contribution in [0.25, 0.3) is 0 Å². The minimum Gasteiger partial charge on any atom is -0.473 e. The number of nitrogens with one attached hydrogen (secondary N) is 2. The highest BCUT2D eigenvalue weighted by atomic mass is 16.5. The largest absolute Gasteiger partial charge is 0.473 e. The molecule has 4 N–H and O–H groups in total. The van der Waals surface area contributed by atoms with Gasteiger partial charge in [-0.15, -0.1) is 0 Å². The summed E-state index contributed by atoms with van der Waals surface area (Å²) in [5.74, 6) is -3.68. The first-order valence-corrected chi connectivity index (χ1v) is 9.80. The van der Waals surface area contributed by atoms with Gasteiger partial charge in [0.1, 0.15) is 0 Å². The lowest BCUT2D eigenvalue weighted by molar-refractivity contribution is -0.159. The van der Waals surface area contributed by atoms with Crippen molar-refractivity contribution in [2.24, 2.45) is 0 Å². The molecule has 1 saturated heterocycles. The van der Waals surface area contributed by atoms with E-state index in [0.717, 1.165) is 32.0 Å². The molecule has 0 aromatic heterocycles. The number of ether oxygens (including phenoxy) is 1. The van der Waals surface area contributed by atoms with Crippen molar-refractivity contribution in [3.8, 4) is 0 Å². The first-order chi connectivity index (χ1) is 14.8. The Labute approximate surface area is 180 Å². The van der Waals surface area contributed by atoms with Crippen molar-refractivity contribution in [2.75, 3.05) is 43.1 Å². The zero-order valence-electron chi connectivity index (χ0n) is 17.3. The van der Waals surface area contributed by atoms with Gasteiger partial charge >= 0.3 is 11.9 Å². The second-order valence-electron chi connectivity index (χ2n) is 6.89. The van der Waals surface area contributed by atoms with E-state index in [9.17, 15) is 4.79 Å². The van der Waals surface area contributed by atoms with E-state index < -0.39 is 11.9 Å². The SMILES string of the molecule is Cc1ccc(CNCC(=O)Nc2ccc(N3CCOCC3)cc2)cc1.O=C(O)C(=O)O. The summed E-state index contributed by atoms with van der Waals surface area (Å²) in [6.07, 6.45) is 0. The molecule has 31 heavy (non-hydrogen) atoms. The van der Waals surface area contributed by atoms with E-state index in [-0.39, 0.29) is 5.91 Å². The summed E-state index contributed by atoms with van der Waals surface area (Å²) in [5, 5.41) is 20.9. The van der Waals surface area contributed by atoms with E-state index in [1.54, 1.807) is 0 Å². The molecule has 0 radical (unpaired) electrons. The van der Waals surface area contributed by atoms with Crippen LogP contribution in [0.4, 0.5) is 11.4 Å². The number of aliphatic carboxylic acids is 2. The summed E-state index contributed by atoms with van der Waals surface area (Å²) in [6, 6.07) is 16.3. The van der Waals surface area contributed by atoms with E-state index in [0.29, 0.717) is 13.1 Å². The number of aryl methyl sites for hydroxylation is 1. The summed E-state index contributed by atoms with van der Waals surface area (Å²) >= 11 is 0. The fourth-order valence-electron chi connectivity index (χ4n) is 2.81. The van der Waals surface area contributed by atoms with Crippen LogP contribution < -0.4 is 15.5 Å². The number of carboxylic acids is 2. The van der Waals surface area contributed by atoms with E-state index in [1.165, 1.54) is 16.8 Å². The van der Waals surface area contributed by atoms with Crippen molar-refractivity contribution in [3.63, 3.8) is 0 Å². The third kappa shape index (κ3) is 8.85. The average Bonchev–Trinajstić information content (AvgIpc) is 2.77. The Bertz CT molecular complexity index is 850. The number of carbonyl (C=O) groups excluding carboxylic acids is 1. The Hall–Kier alpha value is -3.43. The van der Waals surface area contributed by atoms with Crippen LogP contribution in [0.15, 0.2) is 48.5 Å². The molecule has 1 heterocycles. The van der Waals surface area contributed by atoms with E-state index in [2.05, 4.69) is 46.7 Å². The Morgan fingerprint density at radius 2 is 1.52 bits per heavy atom. The number of hydrogen-bond donors (Lipinski definition) is 4. The molecule has 1 fully saturated rings. The average molecular weight is 429 g/mol. The third-order valence-electron chi connectivity index (χ3n) is 4.45. The summed E-state index contributed by atoms with van der Waals surface area (Å²) in [4.78, 5) is 32.5. The second-order valence-corrected chi connectivity index (χ2v) is 6.89. The molecule has 0 unspecified atom stereocenters. The summed E-state index contributed by atoms with van der Waals surface area (Å²) < 4.78 is 5.37. The Kier molecular flexibility index (Phi) is 9.47. The smallest absolute Gasteiger partial charge is 0.414 e. The standard InChI is InChI=1S/C20H25N3O2.C2H2O4/c1-16-2-4-17(5-3-16)14-21-15-20(24)22-18-6-8-19(9-7-18)23-10-12-25-13-11-23;3-1(4)2(5)6/h2-9,21H,10-15H2,1H3,(H,22,24);(H,3,4)(H,5,6). The molecule has 1 aliphatic rings. The van der Waals surface area contributed by atoms with Crippen molar-refractivity contribution in [2.45, 2.75) is 13.5 Å². The van der Waals surface area contributed by atoms with Crippen LogP contribution in [0.5, 0.6) is 0 Å². The molecule has 166 valence electrons. The molecule has 3 rings (SSSR count). The van der Waals surface area contributed by atoms with E-state index in [1.807, 2.05) is 24.3 Å². The van der Waals surface area contributed by atoms with Crippen LogP contribution in [0.3, 0.4) is 0 Å². The van der Waals surface area contributed by atoms with Gasteiger partial charge in [-0.1, -0.05) is 29.8 Å². The molecule has 9 heteroatoms. The maximum atomic E-state index is 12.0. The van der Waals surface area contributed by atoms with Gasteiger partial charge in [0.05, 0.1) is 19.8 Å². The third-order valence-corrected chi connectivity index (χ3v) is 4.45. The molecular weight excluding hydrogens is 402 g/mol. The maximum Gasteiger partial charge on any atom is 0.414 e. The lowest BCUT2D eigenvalue weighted by Gasteiger charge is -2.28. The molecule has 9 nitrogen and oxygen atoms in total. The number of rotatable bonds is 6. The van der Waals surface area contributed by atoms with Gasteiger partial charge in [0, 0.05) is 31.0 Å². The van der Waals surface area contributed by atoms with Crippen molar-refractivity contribution in [1.82, 2.24) is 5.32 Å². The molecule has 0 aliphatic carbocycles. The lowest BCUT2D eigenvalue weighted by Crippen LogP contribution is -2.36. The highest BCUT2D eigenvalue weighted by Crippen LogP contribution is 2.18. The van der Waals surface area contributed by atoms with Crippen molar-refractivity contribution < 1.29 is 29.3 Å². The van der Waals surface area contributed by atoms with Crippen LogP contribution in [-0.2, 0) is 25.7 Å². The van der Waals surface area contributed by atoms with Gasteiger partial charge < -0.3 is 30.5 Å². The normalized spacial score (nSPS) is 13.0. The van der Waals surface area contributed by atoms with Crippen LogP contribution in [0, 0.1) is 6.92 Å².